The summed E-state index contributed by atoms with van der Waals surface area (Å²) in [7, 11) is 0. The van der Waals surface area contributed by atoms with Gasteiger partial charge in [0, 0.05) is 19.1 Å². The van der Waals surface area contributed by atoms with E-state index in [4.69, 9.17) is 0 Å². The number of hydrogen-bond acceptors (Lipinski definition) is 5. The van der Waals surface area contributed by atoms with Gasteiger partial charge in [0.2, 0.25) is 0 Å². The molecule has 0 amide bonds. The normalized spacial score (nSPS) is 22.5. The summed E-state index contributed by atoms with van der Waals surface area (Å²) >= 11 is 0. The molecule has 3 heterocycles. The lowest BCUT2D eigenvalue weighted by Gasteiger charge is -2.38. The van der Waals surface area contributed by atoms with E-state index in [9.17, 15) is 13.9 Å². The molecule has 28 heavy (non-hydrogen) atoms. The van der Waals surface area contributed by atoms with Gasteiger partial charge < -0.3 is 19.6 Å². The van der Waals surface area contributed by atoms with Crippen LogP contribution in [0, 0.1) is 5.92 Å². The number of anilines is 1. The van der Waals surface area contributed by atoms with E-state index in [2.05, 4.69) is 26.4 Å². The molecule has 2 saturated heterocycles. The van der Waals surface area contributed by atoms with Crippen molar-refractivity contribution < 1.29 is 18.6 Å². The first-order valence-corrected chi connectivity index (χ1v) is 9.79. The molecule has 2 aliphatic rings. The standard InChI is InChI=1S/C21H25F2N3O2/c1-2-25-10-8-14-9-11-26(17(14)13-25)15-6-7-16(24-12-15)20-18(27)4-3-5-19(20)28-21(22)23/h3-7,12,14,17,21,27H,2,8-11,13H2,1H3/t14-,17-/m0/s1. The zero-order chi connectivity index (χ0) is 19.7. The number of halogens is 2. The minimum absolute atomic E-state index is 0.0812. The highest BCUT2D eigenvalue weighted by atomic mass is 19.3. The van der Waals surface area contributed by atoms with Gasteiger partial charge in [-0.2, -0.15) is 8.78 Å². The fourth-order valence-electron chi connectivity index (χ4n) is 4.49. The quantitative estimate of drug-likeness (QED) is 0.838. The maximum Gasteiger partial charge on any atom is 0.387 e. The average Bonchev–Trinajstić information content (AvgIpc) is 3.11. The van der Waals surface area contributed by atoms with Crippen LogP contribution in [0.3, 0.4) is 0 Å². The number of phenolic OH excluding ortho intramolecular Hbond substituents is 1. The van der Waals surface area contributed by atoms with Crippen LogP contribution in [0.5, 0.6) is 11.5 Å². The molecule has 0 unspecified atom stereocenters. The Labute approximate surface area is 163 Å². The van der Waals surface area contributed by atoms with E-state index < -0.39 is 6.61 Å². The molecule has 0 spiro atoms. The Kier molecular flexibility index (Phi) is 5.35. The summed E-state index contributed by atoms with van der Waals surface area (Å²) < 4.78 is 30.0. The first-order valence-electron chi connectivity index (χ1n) is 9.79. The fourth-order valence-corrected chi connectivity index (χ4v) is 4.49. The molecular weight excluding hydrogens is 364 g/mol. The number of ether oxygens (including phenoxy) is 1. The molecule has 2 fully saturated rings. The summed E-state index contributed by atoms with van der Waals surface area (Å²) in [6.45, 7) is 3.53. The molecule has 1 aromatic carbocycles. The van der Waals surface area contributed by atoms with Crippen LogP contribution in [-0.4, -0.2) is 53.8 Å². The Hall–Kier alpha value is -2.41. The summed E-state index contributed by atoms with van der Waals surface area (Å²) in [5.41, 5.74) is 1.62. The van der Waals surface area contributed by atoms with Crippen molar-refractivity contribution >= 4 is 5.69 Å². The van der Waals surface area contributed by atoms with E-state index in [0.717, 1.165) is 25.3 Å². The van der Waals surface area contributed by atoms with Crippen molar-refractivity contribution in [3.63, 3.8) is 0 Å². The predicted octanol–water partition coefficient (Wildman–Crippen LogP) is 3.98. The smallest absolute Gasteiger partial charge is 0.387 e. The number of phenols is 1. The van der Waals surface area contributed by atoms with Crippen LogP contribution in [0.25, 0.3) is 11.3 Å². The molecular formula is C21H25F2N3O2. The van der Waals surface area contributed by atoms with Gasteiger partial charge in [-0.05, 0) is 56.1 Å². The number of benzene rings is 1. The SMILES string of the molecule is CCN1CC[C@H]2CCN(c3ccc(-c4c(O)cccc4OC(F)F)nc3)[C@H]2C1. The second-order valence-electron chi connectivity index (χ2n) is 7.42. The van der Waals surface area contributed by atoms with Crippen LogP contribution >= 0.6 is 0 Å². The Morgan fingerprint density at radius 1 is 1.21 bits per heavy atom. The number of hydrogen-bond donors (Lipinski definition) is 1. The number of nitrogens with zero attached hydrogens (tertiary/aromatic N) is 3. The molecule has 4 rings (SSSR count). The maximum absolute atomic E-state index is 12.7. The third-order valence-electron chi connectivity index (χ3n) is 5.95. The number of pyridine rings is 1. The largest absolute Gasteiger partial charge is 0.507 e. The lowest BCUT2D eigenvalue weighted by atomic mass is 9.92. The fraction of sp³-hybridized carbons (Fsp3) is 0.476. The monoisotopic (exact) mass is 389 g/mol. The zero-order valence-corrected chi connectivity index (χ0v) is 15.9. The van der Waals surface area contributed by atoms with E-state index in [1.165, 1.54) is 37.6 Å². The number of likely N-dealkylation sites (N-methyl/N-ethyl adjacent to an activating group) is 1. The van der Waals surface area contributed by atoms with E-state index in [1.54, 1.807) is 12.3 Å². The number of rotatable bonds is 5. The van der Waals surface area contributed by atoms with Crippen LogP contribution in [0.1, 0.15) is 19.8 Å². The third-order valence-corrected chi connectivity index (χ3v) is 5.95. The van der Waals surface area contributed by atoms with Gasteiger partial charge in [-0.1, -0.05) is 13.0 Å². The summed E-state index contributed by atoms with van der Waals surface area (Å²) in [6, 6.07) is 8.52. The van der Waals surface area contributed by atoms with Crippen molar-refractivity contribution in [2.75, 3.05) is 31.1 Å². The minimum atomic E-state index is -2.96. The predicted molar refractivity (Wildman–Crippen MR) is 104 cm³/mol. The zero-order valence-electron chi connectivity index (χ0n) is 15.9. The van der Waals surface area contributed by atoms with Crippen LogP contribution in [0.2, 0.25) is 0 Å². The number of alkyl halides is 2. The highest BCUT2D eigenvalue weighted by molar-refractivity contribution is 5.74. The van der Waals surface area contributed by atoms with Gasteiger partial charge in [0.05, 0.1) is 23.1 Å². The topological polar surface area (TPSA) is 48.8 Å². The lowest BCUT2D eigenvalue weighted by Crippen LogP contribution is -2.48. The molecule has 0 bridgehead atoms. The van der Waals surface area contributed by atoms with Crippen molar-refractivity contribution in [3.8, 4) is 22.8 Å². The molecule has 150 valence electrons. The minimum Gasteiger partial charge on any atom is -0.507 e. The molecule has 1 N–H and O–H groups in total. The Bertz CT molecular complexity index is 816. The summed E-state index contributed by atoms with van der Waals surface area (Å²) in [4.78, 5) is 9.35. The summed E-state index contributed by atoms with van der Waals surface area (Å²) in [5.74, 6) is 0.500. The lowest BCUT2D eigenvalue weighted by molar-refractivity contribution is -0.0495. The molecule has 0 aliphatic carbocycles. The highest BCUT2D eigenvalue weighted by Gasteiger charge is 2.38. The van der Waals surface area contributed by atoms with E-state index in [-0.39, 0.29) is 17.1 Å². The number of aromatic nitrogens is 1. The van der Waals surface area contributed by atoms with Gasteiger partial charge in [-0.3, -0.25) is 4.98 Å². The molecule has 0 saturated carbocycles. The average molecular weight is 389 g/mol. The number of aromatic hydroxyl groups is 1. The Morgan fingerprint density at radius 3 is 2.75 bits per heavy atom. The van der Waals surface area contributed by atoms with Gasteiger partial charge in [-0.15, -0.1) is 0 Å². The van der Waals surface area contributed by atoms with E-state index in [1.807, 2.05) is 6.07 Å². The van der Waals surface area contributed by atoms with E-state index in [0.29, 0.717) is 17.7 Å². The van der Waals surface area contributed by atoms with Crippen molar-refractivity contribution in [1.82, 2.24) is 9.88 Å². The Morgan fingerprint density at radius 2 is 2.04 bits per heavy atom. The molecule has 5 nitrogen and oxygen atoms in total. The second kappa shape index (κ2) is 7.91. The molecule has 2 aliphatic heterocycles. The number of likely N-dealkylation sites (tertiary alicyclic amines) is 1. The highest BCUT2D eigenvalue weighted by Crippen LogP contribution is 2.39. The Balaban J connectivity index is 1.58. The summed E-state index contributed by atoms with van der Waals surface area (Å²) in [6.07, 6.45) is 4.18. The van der Waals surface area contributed by atoms with Gasteiger partial charge in [0.25, 0.3) is 0 Å². The molecule has 2 aromatic rings. The second-order valence-corrected chi connectivity index (χ2v) is 7.42. The first kappa shape index (κ1) is 18.9. The van der Waals surface area contributed by atoms with Crippen LogP contribution in [0.4, 0.5) is 14.5 Å². The van der Waals surface area contributed by atoms with Crippen LogP contribution < -0.4 is 9.64 Å². The van der Waals surface area contributed by atoms with Gasteiger partial charge in [0.15, 0.2) is 0 Å². The van der Waals surface area contributed by atoms with Crippen molar-refractivity contribution in [1.29, 1.82) is 0 Å². The maximum atomic E-state index is 12.7. The van der Waals surface area contributed by atoms with Crippen LogP contribution in [-0.2, 0) is 0 Å². The first-order chi connectivity index (χ1) is 13.6. The molecule has 0 radical (unpaired) electrons. The van der Waals surface area contributed by atoms with Gasteiger partial charge >= 0.3 is 6.61 Å². The molecule has 2 atom stereocenters. The van der Waals surface area contributed by atoms with Crippen molar-refractivity contribution in [2.45, 2.75) is 32.4 Å². The van der Waals surface area contributed by atoms with Gasteiger partial charge in [0.1, 0.15) is 11.5 Å². The van der Waals surface area contributed by atoms with Gasteiger partial charge in [-0.25, -0.2) is 0 Å². The molecule has 1 aromatic heterocycles. The number of fused-ring (bicyclic) bond motifs is 1. The third kappa shape index (κ3) is 3.63. The van der Waals surface area contributed by atoms with Crippen molar-refractivity contribution in [2.24, 2.45) is 5.92 Å². The van der Waals surface area contributed by atoms with Crippen LogP contribution in [0.15, 0.2) is 36.5 Å². The van der Waals surface area contributed by atoms with E-state index >= 15 is 0 Å². The summed E-state index contributed by atoms with van der Waals surface area (Å²) in [5, 5.41) is 10.2. The number of piperidine rings is 1. The van der Waals surface area contributed by atoms with Crippen molar-refractivity contribution in [3.05, 3.63) is 36.5 Å². The molecule has 7 heteroatoms.